The predicted octanol–water partition coefficient (Wildman–Crippen LogP) is 6.26. The Morgan fingerprint density at radius 2 is 1.93 bits per heavy atom. The number of aromatic hydroxyl groups is 1. The number of rotatable bonds is 9. The number of nitrogens with zero attached hydrogens (tertiary/aromatic N) is 3. The largest absolute Gasteiger partial charge is 0.504 e. The molecule has 2 heterocycles. The van der Waals surface area contributed by atoms with Crippen molar-refractivity contribution in [3.63, 3.8) is 0 Å². The smallest absolute Gasteiger partial charge is 0.255 e. The maximum absolute atomic E-state index is 13.8. The number of anilines is 2. The molecule has 0 saturated heterocycles. The molecule has 5 rings (SSSR count). The van der Waals surface area contributed by atoms with E-state index in [2.05, 4.69) is 10.6 Å². The Morgan fingerprint density at radius 1 is 1.15 bits per heavy atom. The SMILES string of the molecule is CCOc1cc(C2C(C(=O)Nc3ccccc3OC)=C(C)Nc3nc(SCc4ccccc4Cl)nn32)ccc1O. The molecule has 1 aliphatic rings. The number of benzene rings is 3. The van der Waals surface area contributed by atoms with Crippen LogP contribution >= 0.6 is 23.4 Å². The number of amides is 1. The Hall–Kier alpha value is -4.15. The van der Waals surface area contributed by atoms with E-state index in [9.17, 15) is 9.90 Å². The summed E-state index contributed by atoms with van der Waals surface area (Å²) in [5.41, 5.74) is 3.25. The van der Waals surface area contributed by atoms with Gasteiger partial charge in [-0.1, -0.05) is 59.8 Å². The van der Waals surface area contributed by atoms with Gasteiger partial charge in [0.25, 0.3) is 5.91 Å². The van der Waals surface area contributed by atoms with Crippen LogP contribution < -0.4 is 20.1 Å². The summed E-state index contributed by atoms with van der Waals surface area (Å²) in [5.74, 6) is 1.60. The molecule has 206 valence electrons. The van der Waals surface area contributed by atoms with Crippen LogP contribution in [0.25, 0.3) is 0 Å². The molecule has 1 aliphatic heterocycles. The summed E-state index contributed by atoms with van der Waals surface area (Å²) >= 11 is 7.79. The second-order valence-corrected chi connectivity index (χ2v) is 10.3. The summed E-state index contributed by atoms with van der Waals surface area (Å²) in [4.78, 5) is 18.5. The van der Waals surface area contributed by atoms with Crippen LogP contribution in [0.4, 0.5) is 11.6 Å². The molecule has 0 saturated carbocycles. The van der Waals surface area contributed by atoms with Crippen molar-refractivity contribution < 1.29 is 19.4 Å². The maximum atomic E-state index is 13.8. The Balaban J connectivity index is 1.54. The third-order valence-corrected chi connectivity index (χ3v) is 7.60. The summed E-state index contributed by atoms with van der Waals surface area (Å²) in [6, 6.07) is 19.2. The number of nitrogens with one attached hydrogen (secondary N) is 2. The summed E-state index contributed by atoms with van der Waals surface area (Å²) in [6.07, 6.45) is 0. The summed E-state index contributed by atoms with van der Waals surface area (Å²) in [6.45, 7) is 4.03. The van der Waals surface area contributed by atoms with Gasteiger partial charge in [-0.2, -0.15) is 4.98 Å². The number of thioether (sulfide) groups is 1. The Kier molecular flexibility index (Phi) is 8.18. The van der Waals surface area contributed by atoms with E-state index in [-0.39, 0.29) is 11.7 Å². The van der Waals surface area contributed by atoms with E-state index in [0.29, 0.717) is 62.5 Å². The number of methoxy groups -OCH3 is 1. The highest BCUT2D eigenvalue weighted by molar-refractivity contribution is 7.98. The zero-order valence-electron chi connectivity index (χ0n) is 22.1. The van der Waals surface area contributed by atoms with Gasteiger partial charge in [0.05, 0.1) is 25.0 Å². The lowest BCUT2D eigenvalue weighted by Crippen LogP contribution is -2.31. The average Bonchev–Trinajstić information content (AvgIpc) is 3.35. The highest BCUT2D eigenvalue weighted by Crippen LogP contribution is 2.40. The molecule has 11 heteroatoms. The fourth-order valence-electron chi connectivity index (χ4n) is 4.46. The molecule has 0 spiro atoms. The first kappa shape index (κ1) is 27.4. The number of hydrogen-bond donors (Lipinski definition) is 3. The van der Waals surface area contributed by atoms with Gasteiger partial charge in [-0.15, -0.1) is 5.10 Å². The first-order valence-electron chi connectivity index (χ1n) is 12.6. The van der Waals surface area contributed by atoms with Gasteiger partial charge in [0.15, 0.2) is 11.5 Å². The molecule has 1 amide bonds. The highest BCUT2D eigenvalue weighted by atomic mass is 35.5. The fraction of sp³-hybridized carbons (Fsp3) is 0.207. The van der Waals surface area contributed by atoms with Crippen molar-refractivity contribution in [3.8, 4) is 17.2 Å². The van der Waals surface area contributed by atoms with Crippen LogP contribution in [0.15, 0.2) is 83.2 Å². The van der Waals surface area contributed by atoms with Crippen LogP contribution in [0.2, 0.25) is 5.02 Å². The summed E-state index contributed by atoms with van der Waals surface area (Å²) in [7, 11) is 1.55. The standard InChI is InChI=1S/C29H28ClN5O4S/c1-4-39-24-15-18(13-14-22(24)36)26-25(27(37)32-21-11-7-8-12-23(21)38-3)17(2)31-28-33-29(34-35(26)28)40-16-19-9-5-6-10-20(19)30/h5-15,26,36H,4,16H2,1-3H3,(H,32,37)(H,31,33,34). The molecule has 9 nitrogen and oxygen atoms in total. The lowest BCUT2D eigenvalue weighted by atomic mass is 9.94. The molecule has 4 aromatic rings. The fourth-order valence-corrected chi connectivity index (χ4v) is 5.58. The minimum absolute atomic E-state index is 0.00931. The van der Waals surface area contributed by atoms with Gasteiger partial charge in [-0.25, -0.2) is 4.68 Å². The van der Waals surface area contributed by atoms with Crippen LogP contribution in [0.3, 0.4) is 0 Å². The number of carbonyl (C=O) groups excluding carboxylic acids is 1. The van der Waals surface area contributed by atoms with Crippen molar-refractivity contribution in [1.29, 1.82) is 0 Å². The van der Waals surface area contributed by atoms with Crippen molar-refractivity contribution >= 4 is 40.9 Å². The molecule has 0 bridgehead atoms. The van der Waals surface area contributed by atoms with E-state index in [1.165, 1.54) is 11.8 Å². The molecule has 40 heavy (non-hydrogen) atoms. The van der Waals surface area contributed by atoms with Crippen LogP contribution in [0, 0.1) is 0 Å². The van der Waals surface area contributed by atoms with Crippen LogP contribution in [0.1, 0.15) is 31.0 Å². The number of allylic oxidation sites excluding steroid dienone is 1. The highest BCUT2D eigenvalue weighted by Gasteiger charge is 2.35. The van der Waals surface area contributed by atoms with Gasteiger partial charge >= 0.3 is 0 Å². The molecule has 3 aromatic carbocycles. The van der Waals surface area contributed by atoms with Crippen LogP contribution in [-0.2, 0) is 10.5 Å². The number of fused-ring (bicyclic) bond motifs is 1. The lowest BCUT2D eigenvalue weighted by molar-refractivity contribution is -0.113. The molecular formula is C29H28ClN5O4S. The zero-order chi connectivity index (χ0) is 28.2. The monoisotopic (exact) mass is 577 g/mol. The van der Waals surface area contributed by atoms with Crippen molar-refractivity contribution in [3.05, 3.63) is 94.1 Å². The maximum Gasteiger partial charge on any atom is 0.255 e. The molecule has 0 fully saturated rings. The van der Waals surface area contributed by atoms with Crippen molar-refractivity contribution in [2.75, 3.05) is 24.4 Å². The second kappa shape index (κ2) is 11.9. The van der Waals surface area contributed by atoms with E-state index >= 15 is 0 Å². The number of ether oxygens (including phenoxy) is 2. The Labute approximate surface area is 241 Å². The van der Waals surface area contributed by atoms with E-state index in [1.54, 1.807) is 42.1 Å². The van der Waals surface area contributed by atoms with E-state index < -0.39 is 6.04 Å². The summed E-state index contributed by atoms with van der Waals surface area (Å²) < 4.78 is 12.8. The normalized spacial score (nSPS) is 14.3. The third kappa shape index (κ3) is 5.59. The number of hydrogen-bond acceptors (Lipinski definition) is 8. The first-order chi connectivity index (χ1) is 19.4. The topological polar surface area (TPSA) is 111 Å². The minimum atomic E-state index is -0.659. The van der Waals surface area contributed by atoms with Gasteiger partial charge in [0, 0.05) is 16.5 Å². The summed E-state index contributed by atoms with van der Waals surface area (Å²) in [5, 5.41) is 22.6. The number of halogens is 1. The predicted molar refractivity (Wildman–Crippen MR) is 156 cm³/mol. The van der Waals surface area contributed by atoms with Crippen molar-refractivity contribution in [2.45, 2.75) is 30.8 Å². The molecule has 1 unspecified atom stereocenters. The zero-order valence-corrected chi connectivity index (χ0v) is 23.7. The molecule has 0 radical (unpaired) electrons. The van der Waals surface area contributed by atoms with E-state index in [0.717, 1.165) is 5.56 Å². The number of para-hydroxylation sites is 2. The first-order valence-corrected chi connectivity index (χ1v) is 14.0. The molecule has 0 aliphatic carbocycles. The van der Waals surface area contributed by atoms with E-state index in [1.807, 2.05) is 50.2 Å². The van der Waals surface area contributed by atoms with Crippen LogP contribution in [-0.4, -0.2) is 39.5 Å². The van der Waals surface area contributed by atoms with Crippen molar-refractivity contribution in [2.24, 2.45) is 0 Å². The second-order valence-electron chi connectivity index (χ2n) is 8.92. The molecular weight excluding hydrogens is 550 g/mol. The lowest BCUT2D eigenvalue weighted by Gasteiger charge is -2.29. The van der Waals surface area contributed by atoms with E-state index in [4.69, 9.17) is 31.2 Å². The molecule has 3 N–H and O–H groups in total. The average molecular weight is 578 g/mol. The van der Waals surface area contributed by atoms with Crippen LogP contribution in [0.5, 0.6) is 17.2 Å². The van der Waals surface area contributed by atoms with Gasteiger partial charge in [0.2, 0.25) is 11.1 Å². The third-order valence-electron chi connectivity index (χ3n) is 6.35. The minimum Gasteiger partial charge on any atom is -0.504 e. The van der Waals surface area contributed by atoms with Gasteiger partial charge in [-0.3, -0.25) is 4.79 Å². The molecule has 1 aromatic heterocycles. The Morgan fingerprint density at radius 3 is 2.70 bits per heavy atom. The van der Waals surface area contributed by atoms with Gasteiger partial charge < -0.3 is 25.2 Å². The molecule has 1 atom stereocenters. The number of phenolic OH excluding ortho intramolecular Hbond substituents is 1. The quantitative estimate of drug-likeness (QED) is 0.200. The van der Waals surface area contributed by atoms with Gasteiger partial charge in [-0.05, 0) is 55.3 Å². The van der Waals surface area contributed by atoms with Crippen molar-refractivity contribution in [1.82, 2.24) is 14.8 Å². The number of phenols is 1. The van der Waals surface area contributed by atoms with Gasteiger partial charge in [0.1, 0.15) is 11.8 Å². The number of carbonyl (C=O) groups is 1. The Bertz CT molecular complexity index is 1590. The number of aromatic nitrogens is 3.